The molecule has 1 aromatic heterocycles. The van der Waals surface area contributed by atoms with Gasteiger partial charge in [0, 0.05) is 43.5 Å². The number of carbonyl (C=O) groups is 2. The van der Waals surface area contributed by atoms with E-state index in [0.717, 1.165) is 25.7 Å². The van der Waals surface area contributed by atoms with E-state index in [9.17, 15) is 9.59 Å². The molecule has 5 heteroatoms. The van der Waals surface area contributed by atoms with Crippen LogP contribution >= 0.6 is 0 Å². The highest BCUT2D eigenvalue weighted by Gasteiger charge is 2.24. The van der Waals surface area contributed by atoms with E-state index >= 15 is 0 Å². The monoisotopic (exact) mass is 317 g/mol. The molecule has 0 aliphatic carbocycles. The summed E-state index contributed by atoms with van der Waals surface area (Å²) in [6.07, 6.45) is 7.73. The van der Waals surface area contributed by atoms with Crippen molar-refractivity contribution >= 4 is 11.8 Å². The van der Waals surface area contributed by atoms with Crippen LogP contribution in [0, 0.1) is 5.92 Å². The Hall–Kier alpha value is -1.91. The van der Waals surface area contributed by atoms with E-state index in [1.54, 1.807) is 24.5 Å². The second kappa shape index (κ2) is 8.65. The maximum absolute atomic E-state index is 12.4. The van der Waals surface area contributed by atoms with Gasteiger partial charge in [-0.1, -0.05) is 26.7 Å². The molecule has 1 fully saturated rings. The quantitative estimate of drug-likeness (QED) is 0.877. The summed E-state index contributed by atoms with van der Waals surface area (Å²) in [5.74, 6) is 0.631. The van der Waals surface area contributed by atoms with Crippen LogP contribution in [0.3, 0.4) is 0 Å². The lowest BCUT2D eigenvalue weighted by Gasteiger charge is -2.32. The van der Waals surface area contributed by atoms with Crippen molar-refractivity contribution in [2.45, 2.75) is 52.0 Å². The van der Waals surface area contributed by atoms with Crippen LogP contribution in [0.15, 0.2) is 24.5 Å². The van der Waals surface area contributed by atoms with E-state index in [-0.39, 0.29) is 17.9 Å². The first kappa shape index (κ1) is 17.4. The summed E-state index contributed by atoms with van der Waals surface area (Å²) in [6, 6.07) is 3.68. The summed E-state index contributed by atoms with van der Waals surface area (Å²) in [6.45, 7) is 5.65. The molecule has 126 valence electrons. The van der Waals surface area contributed by atoms with Gasteiger partial charge in [0.2, 0.25) is 5.91 Å². The average molecular weight is 317 g/mol. The third-order valence-corrected chi connectivity index (χ3v) is 4.39. The molecule has 1 N–H and O–H groups in total. The minimum absolute atomic E-state index is 0.0498. The highest BCUT2D eigenvalue weighted by atomic mass is 16.2. The normalized spacial score (nSPS) is 16.9. The van der Waals surface area contributed by atoms with Crippen molar-refractivity contribution in [2.75, 3.05) is 13.1 Å². The Kier molecular flexibility index (Phi) is 6.56. The van der Waals surface area contributed by atoms with Gasteiger partial charge < -0.3 is 10.2 Å². The Morgan fingerprint density at radius 1 is 1.30 bits per heavy atom. The van der Waals surface area contributed by atoms with Gasteiger partial charge in [0.15, 0.2) is 0 Å². The molecule has 1 unspecified atom stereocenters. The van der Waals surface area contributed by atoms with E-state index in [4.69, 9.17) is 0 Å². The predicted octanol–water partition coefficient (Wildman–Crippen LogP) is 2.63. The van der Waals surface area contributed by atoms with Crippen LogP contribution in [-0.4, -0.2) is 40.8 Å². The molecule has 2 rings (SSSR count). The second-order valence-electron chi connectivity index (χ2n) is 6.47. The molecule has 23 heavy (non-hydrogen) atoms. The topological polar surface area (TPSA) is 62.3 Å². The van der Waals surface area contributed by atoms with Crippen LogP contribution in [-0.2, 0) is 4.79 Å². The third kappa shape index (κ3) is 5.34. The van der Waals surface area contributed by atoms with Gasteiger partial charge in [-0.05, 0) is 30.9 Å². The Bertz CT molecular complexity index is 510. The van der Waals surface area contributed by atoms with Crippen molar-refractivity contribution in [3.05, 3.63) is 30.1 Å². The fourth-order valence-electron chi connectivity index (χ4n) is 3.10. The van der Waals surface area contributed by atoms with Crippen molar-refractivity contribution < 1.29 is 9.59 Å². The molecule has 2 amide bonds. The zero-order chi connectivity index (χ0) is 16.7. The van der Waals surface area contributed by atoms with Crippen LogP contribution in [0.25, 0.3) is 0 Å². The van der Waals surface area contributed by atoms with E-state index < -0.39 is 0 Å². The molecule has 1 aliphatic heterocycles. The fourth-order valence-corrected chi connectivity index (χ4v) is 3.10. The van der Waals surface area contributed by atoms with Crippen molar-refractivity contribution in [1.82, 2.24) is 15.2 Å². The molecule has 1 atom stereocenters. The standard InChI is InChI=1S/C18H27N3O2/c1-3-4-14(2)13-17(22)20-16-7-11-21(12-8-16)18(23)15-5-9-19-10-6-15/h5-6,9-10,14,16H,3-4,7-8,11-13H2,1-2H3,(H,20,22). The first-order chi connectivity index (χ1) is 11.1. The highest BCUT2D eigenvalue weighted by Crippen LogP contribution is 2.15. The number of piperidine rings is 1. The number of amides is 2. The summed E-state index contributed by atoms with van der Waals surface area (Å²) < 4.78 is 0. The summed E-state index contributed by atoms with van der Waals surface area (Å²) in [4.78, 5) is 30.2. The molecule has 1 aromatic rings. The molecule has 0 spiro atoms. The van der Waals surface area contributed by atoms with Crippen LogP contribution in [0.1, 0.15) is 56.3 Å². The van der Waals surface area contributed by atoms with E-state index in [1.165, 1.54) is 0 Å². The number of carbonyl (C=O) groups excluding carboxylic acids is 2. The van der Waals surface area contributed by atoms with Crippen molar-refractivity contribution in [3.63, 3.8) is 0 Å². The fraction of sp³-hybridized carbons (Fsp3) is 0.611. The number of nitrogens with one attached hydrogen (secondary N) is 1. The smallest absolute Gasteiger partial charge is 0.253 e. The summed E-state index contributed by atoms with van der Waals surface area (Å²) in [5.41, 5.74) is 0.677. The third-order valence-electron chi connectivity index (χ3n) is 4.39. The summed E-state index contributed by atoms with van der Waals surface area (Å²) >= 11 is 0. The number of likely N-dealkylation sites (tertiary alicyclic amines) is 1. The largest absolute Gasteiger partial charge is 0.353 e. The molecule has 5 nitrogen and oxygen atoms in total. The molecule has 1 saturated heterocycles. The number of hydrogen-bond acceptors (Lipinski definition) is 3. The van der Waals surface area contributed by atoms with E-state index in [0.29, 0.717) is 31.0 Å². The summed E-state index contributed by atoms with van der Waals surface area (Å²) in [5, 5.41) is 3.12. The minimum atomic E-state index is 0.0498. The highest BCUT2D eigenvalue weighted by molar-refractivity contribution is 5.94. The molecule has 2 heterocycles. The predicted molar refractivity (Wildman–Crippen MR) is 90.0 cm³/mol. The second-order valence-corrected chi connectivity index (χ2v) is 6.47. The SMILES string of the molecule is CCCC(C)CC(=O)NC1CCN(C(=O)c2ccncc2)CC1. The van der Waals surface area contributed by atoms with Crippen LogP contribution in [0.4, 0.5) is 0 Å². The average Bonchev–Trinajstić information content (AvgIpc) is 2.56. The Balaban J connectivity index is 1.75. The van der Waals surface area contributed by atoms with E-state index in [2.05, 4.69) is 24.1 Å². The maximum atomic E-state index is 12.4. The zero-order valence-electron chi connectivity index (χ0n) is 14.1. The van der Waals surface area contributed by atoms with Crippen molar-refractivity contribution in [2.24, 2.45) is 5.92 Å². The molecular weight excluding hydrogens is 290 g/mol. The first-order valence-corrected chi connectivity index (χ1v) is 8.58. The minimum Gasteiger partial charge on any atom is -0.353 e. The van der Waals surface area contributed by atoms with Crippen LogP contribution < -0.4 is 5.32 Å². The number of nitrogens with zero attached hydrogens (tertiary/aromatic N) is 2. The van der Waals surface area contributed by atoms with Gasteiger partial charge in [-0.25, -0.2) is 0 Å². The molecule has 0 radical (unpaired) electrons. The molecule has 0 bridgehead atoms. The van der Waals surface area contributed by atoms with Gasteiger partial charge in [0.25, 0.3) is 5.91 Å². The lowest BCUT2D eigenvalue weighted by atomic mass is 10.00. The van der Waals surface area contributed by atoms with Gasteiger partial charge in [0.05, 0.1) is 0 Å². The molecule has 0 saturated carbocycles. The van der Waals surface area contributed by atoms with Crippen molar-refractivity contribution in [1.29, 1.82) is 0 Å². The molecule has 1 aliphatic rings. The van der Waals surface area contributed by atoms with Gasteiger partial charge in [-0.3, -0.25) is 14.6 Å². The van der Waals surface area contributed by atoms with Gasteiger partial charge in [-0.15, -0.1) is 0 Å². The molecular formula is C18H27N3O2. The number of pyridine rings is 1. The molecule has 0 aromatic carbocycles. The number of hydrogen-bond donors (Lipinski definition) is 1. The van der Waals surface area contributed by atoms with E-state index in [1.807, 2.05) is 4.90 Å². The maximum Gasteiger partial charge on any atom is 0.253 e. The Morgan fingerprint density at radius 2 is 1.96 bits per heavy atom. The zero-order valence-corrected chi connectivity index (χ0v) is 14.1. The van der Waals surface area contributed by atoms with Crippen LogP contribution in [0.2, 0.25) is 0 Å². The van der Waals surface area contributed by atoms with Gasteiger partial charge in [-0.2, -0.15) is 0 Å². The Labute approximate surface area is 138 Å². The van der Waals surface area contributed by atoms with Gasteiger partial charge >= 0.3 is 0 Å². The first-order valence-electron chi connectivity index (χ1n) is 8.58. The number of aromatic nitrogens is 1. The van der Waals surface area contributed by atoms with Crippen molar-refractivity contribution in [3.8, 4) is 0 Å². The lowest BCUT2D eigenvalue weighted by molar-refractivity contribution is -0.122. The summed E-state index contributed by atoms with van der Waals surface area (Å²) in [7, 11) is 0. The number of rotatable bonds is 6. The van der Waals surface area contributed by atoms with Crippen LogP contribution in [0.5, 0.6) is 0 Å². The van der Waals surface area contributed by atoms with Gasteiger partial charge in [0.1, 0.15) is 0 Å². The Morgan fingerprint density at radius 3 is 2.57 bits per heavy atom. The lowest BCUT2D eigenvalue weighted by Crippen LogP contribution is -2.46.